The van der Waals surface area contributed by atoms with E-state index in [9.17, 15) is 4.39 Å². The van der Waals surface area contributed by atoms with Gasteiger partial charge < -0.3 is 10.3 Å². The molecule has 39 heavy (non-hydrogen) atoms. The minimum Gasteiger partial charge on any atom is -0.353 e. The van der Waals surface area contributed by atoms with Crippen LogP contribution in [0.25, 0.3) is 50.0 Å². The molecule has 7 heteroatoms. The van der Waals surface area contributed by atoms with E-state index in [1.54, 1.807) is 12.3 Å². The van der Waals surface area contributed by atoms with Crippen LogP contribution >= 0.6 is 12.2 Å². The van der Waals surface area contributed by atoms with Gasteiger partial charge in [-0.1, -0.05) is 49.5 Å². The van der Waals surface area contributed by atoms with Crippen molar-refractivity contribution in [3.05, 3.63) is 103 Å². The van der Waals surface area contributed by atoms with Crippen molar-refractivity contribution >= 4 is 44.6 Å². The van der Waals surface area contributed by atoms with E-state index in [0.717, 1.165) is 79.1 Å². The van der Waals surface area contributed by atoms with Gasteiger partial charge in [0.25, 0.3) is 0 Å². The van der Waals surface area contributed by atoms with Crippen LogP contribution in [0.5, 0.6) is 0 Å². The lowest BCUT2D eigenvalue weighted by Crippen LogP contribution is -2.31. The minimum absolute atomic E-state index is 0.290. The molecule has 5 aromatic rings. The van der Waals surface area contributed by atoms with E-state index in [1.807, 2.05) is 37.3 Å². The Kier molecular flexibility index (Phi) is 6.67. The summed E-state index contributed by atoms with van der Waals surface area (Å²) in [6.07, 6.45) is 11.3. The van der Waals surface area contributed by atoms with Crippen molar-refractivity contribution < 1.29 is 4.39 Å². The molecule has 5 nitrogen and oxygen atoms in total. The molecule has 0 amide bonds. The highest BCUT2D eigenvalue weighted by atomic mass is 32.1. The van der Waals surface area contributed by atoms with Gasteiger partial charge in [0.05, 0.1) is 21.9 Å². The normalized spacial score (nSPS) is 14.5. The van der Waals surface area contributed by atoms with Gasteiger partial charge in [-0.3, -0.25) is 10.1 Å². The minimum atomic E-state index is -0.290. The Morgan fingerprint density at radius 3 is 2.67 bits per heavy atom. The molecule has 0 bridgehead atoms. The van der Waals surface area contributed by atoms with Gasteiger partial charge in [-0.05, 0) is 79.5 Å². The number of hydrogen-bond donors (Lipinski definition) is 3. The average Bonchev–Trinajstić information content (AvgIpc) is 3.53. The zero-order valence-corrected chi connectivity index (χ0v) is 22.4. The number of thiocarbonyl (C=S) groups is 1. The van der Waals surface area contributed by atoms with E-state index in [2.05, 4.69) is 56.3 Å². The summed E-state index contributed by atoms with van der Waals surface area (Å²) in [5.41, 5.74) is 7.96. The fourth-order valence-electron chi connectivity index (χ4n) is 5.01. The van der Waals surface area contributed by atoms with Crippen LogP contribution < -0.4 is 5.32 Å². The van der Waals surface area contributed by atoms with Crippen molar-refractivity contribution in [2.24, 2.45) is 5.92 Å². The SMILES string of the molecule is C=C/C(=C\C(=C/C)c1ccc2[nH]nc(-c3cc4c(-c5cccc(F)c5)nccc4[nH]3)c2c1)NC(=S)C1CCC1. The average molecular weight is 534 g/mol. The van der Waals surface area contributed by atoms with Crippen LogP contribution in [0.15, 0.2) is 91.3 Å². The number of nitrogens with one attached hydrogen (secondary N) is 3. The number of H-pyrrole nitrogens is 2. The number of halogens is 1. The Morgan fingerprint density at radius 1 is 1.08 bits per heavy atom. The molecule has 0 radical (unpaired) electrons. The molecule has 0 spiro atoms. The first kappa shape index (κ1) is 24.9. The highest BCUT2D eigenvalue weighted by Gasteiger charge is 2.22. The molecule has 1 aliphatic rings. The van der Waals surface area contributed by atoms with E-state index in [1.165, 1.54) is 18.6 Å². The lowest BCUT2D eigenvalue weighted by atomic mass is 9.85. The first-order valence-corrected chi connectivity index (χ1v) is 13.5. The van der Waals surface area contributed by atoms with Crippen LogP contribution in [-0.4, -0.2) is 25.2 Å². The highest BCUT2D eigenvalue weighted by Crippen LogP contribution is 2.34. The number of rotatable bonds is 7. The number of aromatic nitrogens is 4. The molecule has 0 saturated heterocycles. The van der Waals surface area contributed by atoms with Gasteiger partial charge in [-0.15, -0.1) is 0 Å². The molecule has 6 rings (SSSR count). The molecule has 3 aromatic heterocycles. The predicted octanol–water partition coefficient (Wildman–Crippen LogP) is 8.10. The summed E-state index contributed by atoms with van der Waals surface area (Å²) in [4.78, 5) is 8.92. The second-order valence-corrected chi connectivity index (χ2v) is 10.3. The van der Waals surface area contributed by atoms with Crippen molar-refractivity contribution in [2.75, 3.05) is 0 Å². The molecular formula is C32H28FN5S. The molecule has 1 fully saturated rings. The zero-order valence-electron chi connectivity index (χ0n) is 21.6. The number of pyridine rings is 1. The third-order valence-electron chi connectivity index (χ3n) is 7.38. The quantitative estimate of drug-likeness (QED) is 0.146. The van der Waals surface area contributed by atoms with Crippen LogP contribution in [0.1, 0.15) is 31.7 Å². The number of fused-ring (bicyclic) bond motifs is 2. The van der Waals surface area contributed by atoms with E-state index in [0.29, 0.717) is 5.92 Å². The Morgan fingerprint density at radius 2 is 1.92 bits per heavy atom. The molecule has 0 atom stereocenters. The summed E-state index contributed by atoms with van der Waals surface area (Å²) in [7, 11) is 0. The van der Waals surface area contributed by atoms with Crippen LogP contribution in [0.3, 0.4) is 0 Å². The summed E-state index contributed by atoms with van der Waals surface area (Å²) >= 11 is 5.61. The van der Waals surface area contributed by atoms with Gasteiger partial charge in [0.2, 0.25) is 0 Å². The Balaban J connectivity index is 1.37. The van der Waals surface area contributed by atoms with Crippen LogP contribution in [0.2, 0.25) is 0 Å². The van der Waals surface area contributed by atoms with Gasteiger partial charge in [0.15, 0.2) is 0 Å². The molecule has 194 valence electrons. The zero-order chi connectivity index (χ0) is 26.9. The van der Waals surface area contributed by atoms with E-state index < -0.39 is 0 Å². The largest absolute Gasteiger partial charge is 0.353 e. The van der Waals surface area contributed by atoms with Crippen molar-refractivity contribution in [1.82, 2.24) is 25.5 Å². The molecular weight excluding hydrogens is 505 g/mol. The summed E-state index contributed by atoms with van der Waals surface area (Å²) < 4.78 is 13.9. The lowest BCUT2D eigenvalue weighted by molar-refractivity contribution is 0.412. The molecule has 0 unspecified atom stereocenters. The summed E-state index contributed by atoms with van der Waals surface area (Å²) in [5.74, 6) is 0.177. The van der Waals surface area contributed by atoms with Gasteiger partial charge in [-0.2, -0.15) is 5.10 Å². The Bertz CT molecular complexity index is 1790. The summed E-state index contributed by atoms with van der Waals surface area (Å²) in [6, 6.07) is 16.7. The first-order chi connectivity index (χ1) is 19.0. The molecule has 0 aliphatic heterocycles. The number of allylic oxidation sites excluding steroid dienone is 4. The number of aromatic amines is 2. The standard InChI is InChI=1S/C32H28FN5S/c1-3-19(16-24(4-2)35-32(39)20-7-5-8-20)21-11-12-28-25(17-21)31(38-37-28)29-18-26-27(36-29)13-14-34-30(26)22-9-6-10-23(33)15-22/h3-4,6,9-18,20,36H,2,5,7-8H2,1H3,(H,35,39)(H,37,38)/b19-3+,24-16+. The second kappa shape index (κ2) is 10.4. The maximum atomic E-state index is 13.9. The maximum Gasteiger partial charge on any atom is 0.123 e. The van der Waals surface area contributed by atoms with E-state index in [4.69, 9.17) is 12.2 Å². The number of hydrogen-bond acceptors (Lipinski definition) is 3. The van der Waals surface area contributed by atoms with Crippen LogP contribution in [0.4, 0.5) is 4.39 Å². The highest BCUT2D eigenvalue weighted by molar-refractivity contribution is 7.80. The molecule has 1 aliphatic carbocycles. The van der Waals surface area contributed by atoms with Gasteiger partial charge in [0.1, 0.15) is 11.5 Å². The lowest BCUT2D eigenvalue weighted by Gasteiger charge is -2.27. The van der Waals surface area contributed by atoms with Crippen molar-refractivity contribution in [3.63, 3.8) is 0 Å². The van der Waals surface area contributed by atoms with Gasteiger partial charge in [0, 0.05) is 39.7 Å². The van der Waals surface area contributed by atoms with E-state index >= 15 is 0 Å². The third kappa shape index (κ3) is 4.81. The van der Waals surface area contributed by atoms with Crippen LogP contribution in [0, 0.1) is 11.7 Å². The predicted molar refractivity (Wildman–Crippen MR) is 162 cm³/mol. The van der Waals surface area contributed by atoms with Gasteiger partial charge in [-0.25, -0.2) is 4.39 Å². The monoisotopic (exact) mass is 533 g/mol. The molecule has 1 saturated carbocycles. The van der Waals surface area contributed by atoms with Crippen molar-refractivity contribution in [2.45, 2.75) is 26.2 Å². The smallest absolute Gasteiger partial charge is 0.123 e. The van der Waals surface area contributed by atoms with Crippen molar-refractivity contribution in [3.8, 4) is 22.6 Å². The molecule has 3 N–H and O–H groups in total. The topological polar surface area (TPSA) is 69.4 Å². The molecule has 2 aromatic carbocycles. The first-order valence-electron chi connectivity index (χ1n) is 13.1. The fraction of sp³-hybridized carbons (Fsp3) is 0.156. The fourth-order valence-corrected chi connectivity index (χ4v) is 5.36. The van der Waals surface area contributed by atoms with E-state index in [-0.39, 0.29) is 5.82 Å². The van der Waals surface area contributed by atoms with Gasteiger partial charge >= 0.3 is 0 Å². The Hall–Kier alpha value is -4.36. The number of benzene rings is 2. The Labute approximate surface area is 231 Å². The second-order valence-electron chi connectivity index (χ2n) is 9.81. The maximum absolute atomic E-state index is 13.9. The third-order valence-corrected chi connectivity index (χ3v) is 7.82. The summed E-state index contributed by atoms with van der Waals surface area (Å²) in [5, 5.41) is 13.1. The summed E-state index contributed by atoms with van der Waals surface area (Å²) in [6.45, 7) is 6.01. The number of nitrogens with zero attached hydrogens (tertiary/aromatic N) is 2. The van der Waals surface area contributed by atoms with Crippen LogP contribution in [-0.2, 0) is 0 Å². The molecule has 3 heterocycles. The van der Waals surface area contributed by atoms with Crippen molar-refractivity contribution in [1.29, 1.82) is 0 Å².